The first kappa shape index (κ1) is 13.4. The molecule has 0 amide bonds. The predicted octanol–water partition coefficient (Wildman–Crippen LogP) is 2.34. The Kier molecular flexibility index (Phi) is 5.02. The Morgan fingerprint density at radius 2 is 2.17 bits per heavy atom. The van der Waals surface area contributed by atoms with Gasteiger partial charge in [-0.25, -0.2) is 0 Å². The van der Waals surface area contributed by atoms with E-state index in [-0.39, 0.29) is 0 Å². The van der Waals surface area contributed by atoms with E-state index < -0.39 is 0 Å². The molecule has 0 saturated carbocycles. The second-order valence-corrected chi connectivity index (χ2v) is 4.99. The van der Waals surface area contributed by atoms with E-state index in [1.54, 1.807) is 6.07 Å². The largest absolute Gasteiger partial charge is 0.508 e. The molecule has 0 aromatic heterocycles. The third-order valence-electron chi connectivity index (χ3n) is 3.67. The molecule has 2 rings (SSSR count). The summed E-state index contributed by atoms with van der Waals surface area (Å²) >= 11 is 0. The molecule has 1 aliphatic heterocycles. The highest BCUT2D eigenvalue weighted by Crippen LogP contribution is 2.22. The van der Waals surface area contributed by atoms with Crippen molar-refractivity contribution < 1.29 is 9.84 Å². The number of phenolic OH excluding ortho intramolecular Hbond substituents is 1. The van der Waals surface area contributed by atoms with Gasteiger partial charge in [0.05, 0.1) is 0 Å². The van der Waals surface area contributed by atoms with Crippen molar-refractivity contribution in [2.45, 2.75) is 32.2 Å². The third kappa shape index (κ3) is 3.72. The fourth-order valence-corrected chi connectivity index (χ4v) is 2.72. The van der Waals surface area contributed by atoms with Crippen molar-refractivity contribution in [3.63, 3.8) is 0 Å². The zero-order valence-corrected chi connectivity index (χ0v) is 11.1. The standard InChI is InChI=1S/C15H23NO2/c1-2-16-15(13-6-8-18-9-7-13)11-12-4-3-5-14(17)10-12/h3-5,10,13,15-17H,2,6-9,11H2,1H3. The van der Waals surface area contributed by atoms with Gasteiger partial charge in [-0.1, -0.05) is 19.1 Å². The van der Waals surface area contributed by atoms with Gasteiger partial charge in [-0.3, -0.25) is 0 Å². The van der Waals surface area contributed by atoms with Gasteiger partial charge in [-0.2, -0.15) is 0 Å². The van der Waals surface area contributed by atoms with Crippen LogP contribution in [0.25, 0.3) is 0 Å². The molecule has 2 N–H and O–H groups in total. The quantitative estimate of drug-likeness (QED) is 0.841. The van der Waals surface area contributed by atoms with Gasteiger partial charge in [0.25, 0.3) is 0 Å². The van der Waals surface area contributed by atoms with Crippen molar-refractivity contribution in [2.24, 2.45) is 5.92 Å². The predicted molar refractivity (Wildman–Crippen MR) is 72.8 cm³/mol. The molecule has 1 heterocycles. The van der Waals surface area contributed by atoms with Crippen LogP contribution in [-0.4, -0.2) is 30.9 Å². The molecule has 100 valence electrons. The van der Waals surface area contributed by atoms with E-state index in [2.05, 4.69) is 18.3 Å². The molecule has 0 spiro atoms. The number of ether oxygens (including phenoxy) is 1. The fourth-order valence-electron chi connectivity index (χ4n) is 2.72. The van der Waals surface area contributed by atoms with Crippen molar-refractivity contribution in [1.82, 2.24) is 5.32 Å². The summed E-state index contributed by atoms with van der Waals surface area (Å²) in [6.45, 7) is 4.90. The number of benzene rings is 1. The number of hydrogen-bond donors (Lipinski definition) is 2. The number of nitrogens with one attached hydrogen (secondary N) is 1. The average molecular weight is 249 g/mol. The van der Waals surface area contributed by atoms with Crippen molar-refractivity contribution in [3.05, 3.63) is 29.8 Å². The zero-order chi connectivity index (χ0) is 12.8. The zero-order valence-electron chi connectivity index (χ0n) is 11.1. The summed E-state index contributed by atoms with van der Waals surface area (Å²) in [5.41, 5.74) is 1.20. The maximum atomic E-state index is 9.53. The Hall–Kier alpha value is -1.06. The molecule has 1 aromatic rings. The summed E-state index contributed by atoms with van der Waals surface area (Å²) in [6, 6.07) is 8.07. The Labute approximate surface area is 109 Å². The minimum atomic E-state index is 0.356. The van der Waals surface area contributed by atoms with E-state index in [0.29, 0.717) is 17.7 Å². The van der Waals surface area contributed by atoms with Crippen LogP contribution in [0.15, 0.2) is 24.3 Å². The van der Waals surface area contributed by atoms with Crippen LogP contribution in [-0.2, 0) is 11.2 Å². The number of likely N-dealkylation sites (N-methyl/N-ethyl adjacent to an activating group) is 1. The molecule has 1 unspecified atom stereocenters. The van der Waals surface area contributed by atoms with Gasteiger partial charge in [0.15, 0.2) is 0 Å². The minimum absolute atomic E-state index is 0.356. The molecule has 0 radical (unpaired) electrons. The van der Waals surface area contributed by atoms with E-state index >= 15 is 0 Å². The molecule has 3 nitrogen and oxygen atoms in total. The maximum absolute atomic E-state index is 9.53. The van der Waals surface area contributed by atoms with Gasteiger partial charge in [0, 0.05) is 19.3 Å². The van der Waals surface area contributed by atoms with Crippen molar-refractivity contribution in [2.75, 3.05) is 19.8 Å². The number of phenols is 1. The molecule has 1 aromatic carbocycles. The van der Waals surface area contributed by atoms with Crippen molar-refractivity contribution >= 4 is 0 Å². The number of aromatic hydroxyl groups is 1. The summed E-state index contributed by atoms with van der Waals surface area (Å²) in [4.78, 5) is 0. The molecule has 1 aliphatic rings. The van der Waals surface area contributed by atoms with Crippen molar-refractivity contribution in [1.29, 1.82) is 0 Å². The number of rotatable bonds is 5. The SMILES string of the molecule is CCNC(Cc1cccc(O)c1)C1CCOCC1. The second-order valence-electron chi connectivity index (χ2n) is 4.99. The monoisotopic (exact) mass is 249 g/mol. The Morgan fingerprint density at radius 3 is 2.83 bits per heavy atom. The van der Waals surface area contributed by atoms with E-state index in [4.69, 9.17) is 4.74 Å². The van der Waals surface area contributed by atoms with Gasteiger partial charge in [0.1, 0.15) is 5.75 Å². The lowest BCUT2D eigenvalue weighted by molar-refractivity contribution is 0.0540. The second kappa shape index (κ2) is 6.76. The van der Waals surface area contributed by atoms with Crippen LogP contribution < -0.4 is 5.32 Å². The topological polar surface area (TPSA) is 41.5 Å². The molecule has 0 aliphatic carbocycles. The Bertz CT molecular complexity index is 361. The molecular formula is C15H23NO2. The smallest absolute Gasteiger partial charge is 0.115 e. The Morgan fingerprint density at radius 1 is 1.39 bits per heavy atom. The molecule has 1 saturated heterocycles. The van der Waals surface area contributed by atoms with Crippen LogP contribution in [0, 0.1) is 5.92 Å². The van der Waals surface area contributed by atoms with Crippen molar-refractivity contribution in [3.8, 4) is 5.75 Å². The van der Waals surface area contributed by atoms with Crippen LogP contribution in [0.4, 0.5) is 0 Å². The van der Waals surface area contributed by atoms with Crippen LogP contribution >= 0.6 is 0 Å². The first-order chi connectivity index (χ1) is 8.79. The Balaban J connectivity index is 2.00. The van der Waals surface area contributed by atoms with Crippen LogP contribution in [0.5, 0.6) is 5.75 Å². The van der Waals surface area contributed by atoms with Crippen LogP contribution in [0.2, 0.25) is 0 Å². The lowest BCUT2D eigenvalue weighted by atomic mass is 9.87. The van der Waals surface area contributed by atoms with Gasteiger partial charge in [-0.05, 0) is 49.4 Å². The fraction of sp³-hybridized carbons (Fsp3) is 0.600. The lowest BCUT2D eigenvalue weighted by Crippen LogP contribution is -2.40. The third-order valence-corrected chi connectivity index (χ3v) is 3.67. The summed E-state index contributed by atoms with van der Waals surface area (Å²) < 4.78 is 5.43. The van der Waals surface area contributed by atoms with Gasteiger partial charge in [-0.15, -0.1) is 0 Å². The summed E-state index contributed by atoms with van der Waals surface area (Å²) in [5.74, 6) is 1.04. The average Bonchev–Trinajstić information content (AvgIpc) is 2.39. The summed E-state index contributed by atoms with van der Waals surface area (Å²) in [6.07, 6.45) is 3.25. The van der Waals surface area contributed by atoms with Crippen LogP contribution in [0.1, 0.15) is 25.3 Å². The maximum Gasteiger partial charge on any atom is 0.115 e. The molecule has 1 fully saturated rings. The number of hydrogen-bond acceptors (Lipinski definition) is 3. The highest BCUT2D eigenvalue weighted by atomic mass is 16.5. The highest BCUT2D eigenvalue weighted by molar-refractivity contribution is 5.27. The molecule has 0 bridgehead atoms. The minimum Gasteiger partial charge on any atom is -0.508 e. The van der Waals surface area contributed by atoms with E-state index in [1.807, 2.05) is 12.1 Å². The molecular weight excluding hydrogens is 226 g/mol. The molecule has 3 heteroatoms. The van der Waals surface area contributed by atoms with Crippen LogP contribution in [0.3, 0.4) is 0 Å². The van der Waals surface area contributed by atoms with Gasteiger partial charge >= 0.3 is 0 Å². The highest BCUT2D eigenvalue weighted by Gasteiger charge is 2.23. The van der Waals surface area contributed by atoms with Gasteiger partial charge in [0.2, 0.25) is 0 Å². The normalized spacial score (nSPS) is 18.7. The first-order valence-electron chi connectivity index (χ1n) is 6.88. The first-order valence-corrected chi connectivity index (χ1v) is 6.88. The van der Waals surface area contributed by atoms with E-state index in [0.717, 1.165) is 39.0 Å². The summed E-state index contributed by atoms with van der Waals surface area (Å²) in [5, 5.41) is 13.1. The lowest BCUT2D eigenvalue weighted by Gasteiger charge is -2.31. The van der Waals surface area contributed by atoms with E-state index in [1.165, 1.54) is 5.56 Å². The van der Waals surface area contributed by atoms with E-state index in [9.17, 15) is 5.11 Å². The summed E-state index contributed by atoms with van der Waals surface area (Å²) in [7, 11) is 0. The molecule has 18 heavy (non-hydrogen) atoms. The molecule has 1 atom stereocenters. The van der Waals surface area contributed by atoms with Gasteiger partial charge < -0.3 is 15.2 Å².